The van der Waals surface area contributed by atoms with Crippen LogP contribution in [0, 0.1) is 5.82 Å². The zero-order valence-electron chi connectivity index (χ0n) is 5.34. The summed E-state index contributed by atoms with van der Waals surface area (Å²) < 4.78 is 12.5. The van der Waals surface area contributed by atoms with E-state index < -0.39 is 0 Å². The van der Waals surface area contributed by atoms with Crippen molar-refractivity contribution < 1.29 is 4.39 Å². The number of nitrogens with zero attached hydrogens (tertiary/aromatic N) is 1. The number of fused-ring (bicyclic) bond motifs is 1. The summed E-state index contributed by atoms with van der Waals surface area (Å²) in [5.74, 6) is -0.177. The standard InChI is InChI=1S/C8H6FN/c9-7-1-2-8-6(5-7)3-4-10-8/h1-2,4-5H,3H2. The maximum absolute atomic E-state index is 12.5. The normalized spacial score (nSPS) is 13.7. The first-order valence-corrected chi connectivity index (χ1v) is 3.17. The van der Waals surface area contributed by atoms with Crippen LogP contribution in [0.15, 0.2) is 23.2 Å². The van der Waals surface area contributed by atoms with E-state index in [1.165, 1.54) is 12.1 Å². The Morgan fingerprint density at radius 3 is 3.20 bits per heavy atom. The van der Waals surface area contributed by atoms with Crippen LogP contribution in [0.5, 0.6) is 0 Å². The van der Waals surface area contributed by atoms with Gasteiger partial charge in [0.2, 0.25) is 0 Å². The van der Waals surface area contributed by atoms with E-state index >= 15 is 0 Å². The Bertz CT molecular complexity index is 291. The van der Waals surface area contributed by atoms with E-state index in [2.05, 4.69) is 4.99 Å². The minimum Gasteiger partial charge on any atom is -0.261 e. The molecule has 0 radical (unpaired) electrons. The van der Waals surface area contributed by atoms with E-state index in [4.69, 9.17) is 0 Å². The van der Waals surface area contributed by atoms with Crippen molar-refractivity contribution in [1.29, 1.82) is 0 Å². The molecular formula is C8H6FN. The molecule has 0 bridgehead atoms. The highest BCUT2D eigenvalue weighted by atomic mass is 19.1. The van der Waals surface area contributed by atoms with Crippen LogP contribution in [-0.2, 0) is 6.42 Å². The van der Waals surface area contributed by atoms with Gasteiger partial charge in [-0.25, -0.2) is 4.39 Å². The summed E-state index contributed by atoms with van der Waals surface area (Å²) in [7, 11) is 0. The molecule has 1 aromatic rings. The van der Waals surface area contributed by atoms with Crippen molar-refractivity contribution in [2.45, 2.75) is 6.42 Å². The molecule has 50 valence electrons. The number of benzene rings is 1. The fourth-order valence-corrected chi connectivity index (χ4v) is 1.09. The summed E-state index contributed by atoms with van der Waals surface area (Å²) >= 11 is 0. The van der Waals surface area contributed by atoms with E-state index in [0.29, 0.717) is 0 Å². The van der Waals surface area contributed by atoms with Crippen molar-refractivity contribution in [1.82, 2.24) is 0 Å². The van der Waals surface area contributed by atoms with E-state index in [-0.39, 0.29) is 5.82 Å². The van der Waals surface area contributed by atoms with Gasteiger partial charge in [-0.2, -0.15) is 0 Å². The van der Waals surface area contributed by atoms with Gasteiger partial charge >= 0.3 is 0 Å². The van der Waals surface area contributed by atoms with Gasteiger partial charge in [-0.1, -0.05) is 0 Å². The highest BCUT2D eigenvalue weighted by Gasteiger charge is 2.05. The van der Waals surface area contributed by atoms with Crippen molar-refractivity contribution in [2.75, 3.05) is 0 Å². The Morgan fingerprint density at radius 1 is 1.40 bits per heavy atom. The van der Waals surface area contributed by atoms with Gasteiger partial charge < -0.3 is 0 Å². The fourth-order valence-electron chi connectivity index (χ4n) is 1.09. The number of rotatable bonds is 0. The molecule has 0 aliphatic carbocycles. The van der Waals surface area contributed by atoms with E-state index in [0.717, 1.165) is 17.7 Å². The molecule has 1 heterocycles. The van der Waals surface area contributed by atoms with Crippen LogP contribution < -0.4 is 0 Å². The molecule has 0 atom stereocenters. The van der Waals surface area contributed by atoms with Crippen LogP contribution >= 0.6 is 0 Å². The zero-order chi connectivity index (χ0) is 6.97. The van der Waals surface area contributed by atoms with Gasteiger partial charge in [0, 0.05) is 12.6 Å². The summed E-state index contributed by atoms with van der Waals surface area (Å²) in [5, 5.41) is 0. The molecule has 0 saturated heterocycles. The Balaban J connectivity index is 2.59. The molecule has 1 aromatic carbocycles. The Hall–Kier alpha value is -1.18. The van der Waals surface area contributed by atoms with Crippen LogP contribution in [-0.4, -0.2) is 6.21 Å². The smallest absolute Gasteiger partial charge is 0.123 e. The minimum atomic E-state index is -0.177. The lowest BCUT2D eigenvalue weighted by molar-refractivity contribution is 0.626. The fraction of sp³-hybridized carbons (Fsp3) is 0.125. The molecule has 0 unspecified atom stereocenters. The molecular weight excluding hydrogens is 129 g/mol. The summed E-state index contributed by atoms with van der Waals surface area (Å²) in [6.07, 6.45) is 2.57. The lowest BCUT2D eigenvalue weighted by atomic mass is 10.1. The first-order valence-electron chi connectivity index (χ1n) is 3.17. The van der Waals surface area contributed by atoms with Gasteiger partial charge in [0.1, 0.15) is 5.82 Å². The zero-order valence-corrected chi connectivity index (χ0v) is 5.34. The second-order valence-corrected chi connectivity index (χ2v) is 2.29. The number of aliphatic imine (C=N–C) groups is 1. The van der Waals surface area contributed by atoms with Gasteiger partial charge in [0.15, 0.2) is 0 Å². The topological polar surface area (TPSA) is 12.4 Å². The molecule has 0 N–H and O–H groups in total. The maximum Gasteiger partial charge on any atom is 0.123 e. The molecule has 0 amide bonds. The largest absolute Gasteiger partial charge is 0.261 e. The molecule has 1 aliphatic rings. The first-order chi connectivity index (χ1) is 4.86. The number of halogens is 1. The lowest BCUT2D eigenvalue weighted by Crippen LogP contribution is -1.80. The average molecular weight is 135 g/mol. The van der Waals surface area contributed by atoms with Crippen molar-refractivity contribution in [2.24, 2.45) is 4.99 Å². The predicted octanol–water partition coefficient (Wildman–Crippen LogP) is 2.08. The maximum atomic E-state index is 12.5. The van der Waals surface area contributed by atoms with Crippen LogP contribution in [0.2, 0.25) is 0 Å². The highest BCUT2D eigenvalue weighted by Crippen LogP contribution is 2.23. The molecule has 0 spiro atoms. The Labute approximate surface area is 58.2 Å². The van der Waals surface area contributed by atoms with E-state index in [1.54, 1.807) is 12.3 Å². The van der Waals surface area contributed by atoms with E-state index in [1.807, 2.05) is 0 Å². The second kappa shape index (κ2) is 1.90. The van der Waals surface area contributed by atoms with Gasteiger partial charge in [-0.15, -0.1) is 0 Å². The first kappa shape index (κ1) is 5.59. The second-order valence-electron chi connectivity index (χ2n) is 2.29. The summed E-state index contributed by atoms with van der Waals surface area (Å²) in [6, 6.07) is 4.66. The van der Waals surface area contributed by atoms with Gasteiger partial charge in [-0.3, -0.25) is 4.99 Å². The van der Waals surface area contributed by atoms with Gasteiger partial charge in [0.05, 0.1) is 5.69 Å². The molecule has 0 fully saturated rings. The third-order valence-electron chi connectivity index (χ3n) is 1.58. The number of hydrogen-bond donors (Lipinski definition) is 0. The summed E-state index contributed by atoms with van der Waals surface area (Å²) in [4.78, 5) is 4.05. The molecule has 1 nitrogen and oxygen atoms in total. The predicted molar refractivity (Wildman–Crippen MR) is 38.3 cm³/mol. The monoisotopic (exact) mass is 135 g/mol. The number of hydrogen-bond acceptors (Lipinski definition) is 1. The summed E-state index contributed by atoms with van der Waals surface area (Å²) in [6.45, 7) is 0. The highest BCUT2D eigenvalue weighted by molar-refractivity contribution is 5.75. The van der Waals surface area contributed by atoms with Crippen LogP contribution in [0.25, 0.3) is 0 Å². The van der Waals surface area contributed by atoms with Crippen LogP contribution in [0.3, 0.4) is 0 Å². The van der Waals surface area contributed by atoms with Crippen molar-refractivity contribution in [3.8, 4) is 0 Å². The van der Waals surface area contributed by atoms with Gasteiger partial charge in [0.25, 0.3) is 0 Å². The summed E-state index contributed by atoms with van der Waals surface area (Å²) in [5.41, 5.74) is 1.89. The third-order valence-corrected chi connectivity index (χ3v) is 1.58. The molecule has 2 rings (SSSR count). The quantitative estimate of drug-likeness (QED) is 0.516. The Kier molecular flexibility index (Phi) is 1.07. The molecule has 0 saturated carbocycles. The SMILES string of the molecule is Fc1ccc2c(c1)CC=N2. The molecule has 1 aliphatic heterocycles. The lowest BCUT2D eigenvalue weighted by Gasteiger charge is -1.94. The van der Waals surface area contributed by atoms with Crippen LogP contribution in [0.1, 0.15) is 5.56 Å². The van der Waals surface area contributed by atoms with E-state index in [9.17, 15) is 4.39 Å². The van der Waals surface area contributed by atoms with Crippen molar-refractivity contribution in [3.05, 3.63) is 29.6 Å². The van der Waals surface area contributed by atoms with Crippen LogP contribution in [0.4, 0.5) is 10.1 Å². The van der Waals surface area contributed by atoms with Crippen molar-refractivity contribution >= 4 is 11.9 Å². The average Bonchev–Trinajstić information content (AvgIpc) is 2.33. The molecule has 2 heteroatoms. The minimum absolute atomic E-state index is 0.177. The Morgan fingerprint density at radius 2 is 2.30 bits per heavy atom. The molecule has 10 heavy (non-hydrogen) atoms. The molecule has 0 aromatic heterocycles. The van der Waals surface area contributed by atoms with Gasteiger partial charge in [-0.05, 0) is 23.8 Å². The van der Waals surface area contributed by atoms with Crippen molar-refractivity contribution in [3.63, 3.8) is 0 Å². The third kappa shape index (κ3) is 0.727.